The molecule has 0 saturated heterocycles. The number of amides is 1. The van der Waals surface area contributed by atoms with E-state index in [1.807, 2.05) is 14.0 Å². The highest BCUT2D eigenvalue weighted by molar-refractivity contribution is 5.94. The van der Waals surface area contributed by atoms with E-state index in [4.69, 9.17) is 5.73 Å². The number of hydrogen-bond acceptors (Lipinski definition) is 3. The van der Waals surface area contributed by atoms with Gasteiger partial charge in [0.15, 0.2) is 0 Å². The van der Waals surface area contributed by atoms with Gasteiger partial charge in [0.2, 0.25) is 0 Å². The summed E-state index contributed by atoms with van der Waals surface area (Å²) in [6.07, 6.45) is 1.68. The van der Waals surface area contributed by atoms with Gasteiger partial charge in [-0.05, 0) is 25.1 Å². The van der Waals surface area contributed by atoms with Crippen molar-refractivity contribution in [2.24, 2.45) is 7.05 Å². The first-order chi connectivity index (χ1) is 8.99. The molecule has 0 aliphatic rings. The molecule has 19 heavy (non-hydrogen) atoms. The van der Waals surface area contributed by atoms with E-state index < -0.39 is 11.7 Å². The van der Waals surface area contributed by atoms with E-state index in [1.165, 1.54) is 12.1 Å². The Balaban J connectivity index is 2.07. The standard InChI is InChI=1S/C13H15FN4O/c1-8-9(7-17-18(8)2)6-16-13(19)11-4-3-10(15)5-12(11)14/h3-5,7H,6,15H2,1-2H3,(H,16,19). The van der Waals surface area contributed by atoms with Crippen LogP contribution in [0.1, 0.15) is 21.6 Å². The molecule has 100 valence electrons. The molecular formula is C13H15FN4O. The normalized spacial score (nSPS) is 10.5. The van der Waals surface area contributed by atoms with Crippen LogP contribution < -0.4 is 11.1 Å². The lowest BCUT2D eigenvalue weighted by atomic mass is 10.1. The van der Waals surface area contributed by atoms with Crippen LogP contribution in [0.3, 0.4) is 0 Å². The number of aryl methyl sites for hydroxylation is 1. The molecule has 1 amide bonds. The second-order valence-corrected chi connectivity index (χ2v) is 4.30. The predicted octanol–water partition coefficient (Wildman–Crippen LogP) is 1.38. The van der Waals surface area contributed by atoms with Gasteiger partial charge in [0.05, 0.1) is 11.8 Å². The van der Waals surface area contributed by atoms with E-state index in [2.05, 4.69) is 10.4 Å². The van der Waals surface area contributed by atoms with Crippen LogP contribution in [0.2, 0.25) is 0 Å². The number of carbonyl (C=O) groups is 1. The van der Waals surface area contributed by atoms with E-state index in [0.717, 1.165) is 17.3 Å². The minimum absolute atomic E-state index is 0.0178. The van der Waals surface area contributed by atoms with E-state index in [-0.39, 0.29) is 11.3 Å². The molecule has 1 aromatic carbocycles. The van der Waals surface area contributed by atoms with Gasteiger partial charge in [0.25, 0.3) is 5.91 Å². The lowest BCUT2D eigenvalue weighted by Gasteiger charge is -2.06. The van der Waals surface area contributed by atoms with Gasteiger partial charge < -0.3 is 11.1 Å². The largest absolute Gasteiger partial charge is 0.399 e. The van der Waals surface area contributed by atoms with Crippen molar-refractivity contribution in [3.8, 4) is 0 Å². The van der Waals surface area contributed by atoms with Crippen molar-refractivity contribution in [2.75, 3.05) is 5.73 Å². The molecule has 0 unspecified atom stereocenters. The van der Waals surface area contributed by atoms with E-state index in [9.17, 15) is 9.18 Å². The van der Waals surface area contributed by atoms with Crippen molar-refractivity contribution in [1.29, 1.82) is 0 Å². The summed E-state index contributed by atoms with van der Waals surface area (Å²) in [6.45, 7) is 2.21. The zero-order valence-corrected chi connectivity index (χ0v) is 10.8. The predicted molar refractivity (Wildman–Crippen MR) is 69.9 cm³/mol. The molecule has 5 nitrogen and oxygen atoms in total. The van der Waals surface area contributed by atoms with Gasteiger partial charge in [0, 0.05) is 30.5 Å². The van der Waals surface area contributed by atoms with E-state index in [0.29, 0.717) is 6.54 Å². The van der Waals surface area contributed by atoms with Crippen LogP contribution in [0.4, 0.5) is 10.1 Å². The van der Waals surface area contributed by atoms with Gasteiger partial charge in [0.1, 0.15) is 5.82 Å². The Kier molecular flexibility index (Phi) is 3.50. The summed E-state index contributed by atoms with van der Waals surface area (Å²) >= 11 is 0. The number of nitrogen functional groups attached to an aromatic ring is 1. The maximum Gasteiger partial charge on any atom is 0.254 e. The van der Waals surface area contributed by atoms with Crippen LogP contribution in [0.15, 0.2) is 24.4 Å². The van der Waals surface area contributed by atoms with Crippen molar-refractivity contribution in [3.63, 3.8) is 0 Å². The van der Waals surface area contributed by atoms with Crippen LogP contribution in [-0.2, 0) is 13.6 Å². The highest BCUT2D eigenvalue weighted by Gasteiger charge is 2.12. The Morgan fingerprint density at radius 2 is 2.26 bits per heavy atom. The van der Waals surface area contributed by atoms with Gasteiger partial charge >= 0.3 is 0 Å². The van der Waals surface area contributed by atoms with Crippen molar-refractivity contribution in [3.05, 3.63) is 47.0 Å². The fourth-order valence-corrected chi connectivity index (χ4v) is 1.70. The topological polar surface area (TPSA) is 72.9 Å². The van der Waals surface area contributed by atoms with Gasteiger partial charge in [-0.1, -0.05) is 0 Å². The minimum atomic E-state index is -0.625. The van der Waals surface area contributed by atoms with Crippen LogP contribution in [0, 0.1) is 12.7 Å². The number of carbonyl (C=O) groups excluding carboxylic acids is 1. The number of anilines is 1. The smallest absolute Gasteiger partial charge is 0.254 e. The third kappa shape index (κ3) is 2.73. The Morgan fingerprint density at radius 3 is 2.84 bits per heavy atom. The Bertz CT molecular complexity index is 621. The Hall–Kier alpha value is -2.37. The number of nitrogens with zero attached hydrogens (tertiary/aromatic N) is 2. The third-order valence-electron chi connectivity index (χ3n) is 3.01. The van der Waals surface area contributed by atoms with Gasteiger partial charge in [-0.25, -0.2) is 4.39 Å². The molecule has 2 aromatic rings. The van der Waals surface area contributed by atoms with Gasteiger partial charge in [-0.2, -0.15) is 5.10 Å². The first kappa shape index (κ1) is 13.1. The van der Waals surface area contributed by atoms with Gasteiger partial charge in [-0.3, -0.25) is 9.48 Å². The number of rotatable bonds is 3. The number of aromatic nitrogens is 2. The number of nitrogens with one attached hydrogen (secondary N) is 1. The molecule has 6 heteroatoms. The minimum Gasteiger partial charge on any atom is -0.399 e. The average Bonchev–Trinajstić information content (AvgIpc) is 2.67. The molecule has 0 radical (unpaired) electrons. The first-order valence-corrected chi connectivity index (χ1v) is 5.79. The van der Waals surface area contributed by atoms with Crippen LogP contribution in [0.25, 0.3) is 0 Å². The lowest BCUT2D eigenvalue weighted by molar-refractivity contribution is 0.0947. The SMILES string of the molecule is Cc1c(CNC(=O)c2ccc(N)cc2F)cnn1C. The molecular weight excluding hydrogens is 247 g/mol. The molecule has 1 heterocycles. The summed E-state index contributed by atoms with van der Waals surface area (Å²) < 4.78 is 15.3. The van der Waals surface area contributed by atoms with Crippen LogP contribution in [0.5, 0.6) is 0 Å². The number of nitrogens with two attached hydrogens (primary N) is 1. The Morgan fingerprint density at radius 1 is 1.53 bits per heavy atom. The fraction of sp³-hybridized carbons (Fsp3) is 0.231. The quantitative estimate of drug-likeness (QED) is 0.821. The van der Waals surface area contributed by atoms with Crippen LogP contribution in [-0.4, -0.2) is 15.7 Å². The van der Waals surface area contributed by atoms with Crippen molar-refractivity contribution in [1.82, 2.24) is 15.1 Å². The van der Waals surface area contributed by atoms with Gasteiger partial charge in [-0.15, -0.1) is 0 Å². The number of halogens is 1. The highest BCUT2D eigenvalue weighted by atomic mass is 19.1. The summed E-state index contributed by atoms with van der Waals surface area (Å²) in [5, 5.41) is 6.73. The van der Waals surface area contributed by atoms with Crippen molar-refractivity contribution >= 4 is 11.6 Å². The molecule has 0 bridgehead atoms. The molecule has 0 saturated carbocycles. The molecule has 0 atom stereocenters. The molecule has 0 aliphatic heterocycles. The van der Waals surface area contributed by atoms with Crippen molar-refractivity contribution < 1.29 is 9.18 Å². The maximum atomic E-state index is 13.6. The first-order valence-electron chi connectivity index (χ1n) is 5.79. The number of benzene rings is 1. The third-order valence-corrected chi connectivity index (χ3v) is 3.01. The molecule has 1 aromatic heterocycles. The summed E-state index contributed by atoms with van der Waals surface area (Å²) in [7, 11) is 1.82. The average molecular weight is 262 g/mol. The molecule has 3 N–H and O–H groups in total. The van der Waals surface area contributed by atoms with Crippen molar-refractivity contribution in [2.45, 2.75) is 13.5 Å². The molecule has 2 rings (SSSR count). The highest BCUT2D eigenvalue weighted by Crippen LogP contribution is 2.12. The summed E-state index contributed by atoms with van der Waals surface area (Å²) in [6, 6.07) is 3.99. The summed E-state index contributed by atoms with van der Waals surface area (Å²) in [5.74, 6) is -1.10. The Labute approximate surface area is 110 Å². The maximum absolute atomic E-state index is 13.6. The van der Waals surface area contributed by atoms with E-state index >= 15 is 0 Å². The molecule has 0 spiro atoms. The fourth-order valence-electron chi connectivity index (χ4n) is 1.70. The monoisotopic (exact) mass is 262 g/mol. The summed E-state index contributed by atoms with van der Waals surface area (Å²) in [4.78, 5) is 11.8. The summed E-state index contributed by atoms with van der Waals surface area (Å²) in [5.41, 5.74) is 7.56. The second kappa shape index (κ2) is 5.09. The molecule has 0 fully saturated rings. The van der Waals surface area contributed by atoms with E-state index in [1.54, 1.807) is 10.9 Å². The van der Waals surface area contributed by atoms with Crippen LogP contribution >= 0.6 is 0 Å². The second-order valence-electron chi connectivity index (χ2n) is 4.30. The number of hydrogen-bond donors (Lipinski definition) is 2. The zero-order chi connectivity index (χ0) is 14.0. The zero-order valence-electron chi connectivity index (χ0n) is 10.8. The lowest BCUT2D eigenvalue weighted by Crippen LogP contribution is -2.24. The molecule has 0 aliphatic carbocycles.